The van der Waals surface area contributed by atoms with Gasteiger partial charge in [-0.05, 0) is 40.5 Å². The predicted molar refractivity (Wildman–Crippen MR) is 84.0 cm³/mol. The lowest BCUT2D eigenvalue weighted by atomic mass is 10.0. The highest BCUT2D eigenvalue weighted by Crippen LogP contribution is 2.32. The van der Waals surface area contributed by atoms with Gasteiger partial charge in [0, 0.05) is 36.2 Å². The zero-order valence-corrected chi connectivity index (χ0v) is 13.7. The molecule has 0 aromatic heterocycles. The summed E-state index contributed by atoms with van der Waals surface area (Å²) in [6.45, 7) is 6.10. The van der Waals surface area contributed by atoms with Crippen molar-refractivity contribution >= 4 is 27.7 Å². The van der Waals surface area contributed by atoms with Gasteiger partial charge in [0.15, 0.2) is 0 Å². The van der Waals surface area contributed by atoms with Gasteiger partial charge in [0.05, 0.1) is 4.47 Å². The smallest absolute Gasteiger partial charge is 0.137 e. The van der Waals surface area contributed by atoms with Crippen molar-refractivity contribution in [2.24, 2.45) is 5.73 Å². The highest BCUT2D eigenvalue weighted by molar-refractivity contribution is 9.10. The van der Waals surface area contributed by atoms with Gasteiger partial charge in [-0.15, -0.1) is 0 Å². The Morgan fingerprint density at radius 1 is 1.53 bits per heavy atom. The van der Waals surface area contributed by atoms with E-state index >= 15 is 0 Å². The fourth-order valence-corrected chi connectivity index (χ4v) is 4.10. The van der Waals surface area contributed by atoms with Crippen molar-refractivity contribution in [3.63, 3.8) is 0 Å². The van der Waals surface area contributed by atoms with E-state index in [1.54, 1.807) is 0 Å². The van der Waals surface area contributed by atoms with E-state index in [-0.39, 0.29) is 11.9 Å². The van der Waals surface area contributed by atoms with Crippen LogP contribution in [0.3, 0.4) is 0 Å². The van der Waals surface area contributed by atoms with Gasteiger partial charge in [-0.1, -0.05) is 13.0 Å². The number of nitrogens with two attached hydrogens (primary N) is 1. The van der Waals surface area contributed by atoms with Gasteiger partial charge in [0.2, 0.25) is 0 Å². The Bertz CT molecular complexity index is 443. The maximum Gasteiger partial charge on any atom is 0.137 e. The first-order chi connectivity index (χ1) is 9.04. The molecule has 3 unspecified atom stereocenters. The monoisotopic (exact) mass is 346 g/mol. The quantitative estimate of drug-likeness (QED) is 0.909. The van der Waals surface area contributed by atoms with E-state index in [1.807, 2.05) is 23.9 Å². The Balaban J connectivity index is 2.25. The van der Waals surface area contributed by atoms with Crippen LogP contribution in [0.15, 0.2) is 22.7 Å². The molecule has 1 aliphatic heterocycles. The maximum absolute atomic E-state index is 13.4. The lowest BCUT2D eigenvalue weighted by molar-refractivity contribution is 0.150. The molecule has 0 radical (unpaired) electrons. The van der Waals surface area contributed by atoms with Gasteiger partial charge < -0.3 is 5.73 Å². The molecule has 0 saturated carbocycles. The normalized spacial score (nSPS) is 26.4. The van der Waals surface area contributed by atoms with E-state index in [2.05, 4.69) is 34.7 Å². The van der Waals surface area contributed by atoms with Gasteiger partial charge in [0.1, 0.15) is 5.82 Å². The molecule has 3 atom stereocenters. The second-order valence-electron chi connectivity index (χ2n) is 4.98. The molecule has 2 nitrogen and oxygen atoms in total. The lowest BCUT2D eigenvalue weighted by Crippen LogP contribution is -2.48. The first-order valence-corrected chi connectivity index (χ1v) is 8.41. The average Bonchev–Trinajstić information content (AvgIpc) is 2.39. The summed E-state index contributed by atoms with van der Waals surface area (Å²) in [6.07, 6.45) is 0. The third kappa shape index (κ3) is 3.32. The molecule has 1 saturated heterocycles. The van der Waals surface area contributed by atoms with Crippen molar-refractivity contribution in [2.75, 3.05) is 18.8 Å². The number of benzene rings is 1. The zero-order valence-electron chi connectivity index (χ0n) is 11.3. The lowest BCUT2D eigenvalue weighted by Gasteiger charge is -2.42. The largest absolute Gasteiger partial charge is 0.329 e. The van der Waals surface area contributed by atoms with Crippen molar-refractivity contribution in [2.45, 2.75) is 31.2 Å². The first-order valence-electron chi connectivity index (χ1n) is 6.57. The average molecular weight is 347 g/mol. The van der Waals surface area contributed by atoms with E-state index in [9.17, 15) is 4.39 Å². The molecule has 19 heavy (non-hydrogen) atoms. The molecule has 5 heteroatoms. The minimum atomic E-state index is -0.227. The summed E-state index contributed by atoms with van der Waals surface area (Å²) in [6, 6.07) is 5.85. The molecule has 106 valence electrons. The van der Waals surface area contributed by atoms with Crippen LogP contribution in [0.5, 0.6) is 0 Å². The molecule has 0 bridgehead atoms. The third-order valence-electron chi connectivity index (χ3n) is 3.88. The van der Waals surface area contributed by atoms with Crippen LogP contribution in [0, 0.1) is 5.82 Å². The van der Waals surface area contributed by atoms with Crippen LogP contribution in [0.4, 0.5) is 4.39 Å². The fraction of sp³-hybridized carbons (Fsp3) is 0.571. The van der Waals surface area contributed by atoms with Gasteiger partial charge in [-0.3, -0.25) is 4.90 Å². The predicted octanol–water partition coefficient (Wildman–Crippen LogP) is 3.41. The summed E-state index contributed by atoms with van der Waals surface area (Å²) in [4.78, 5) is 2.45. The van der Waals surface area contributed by atoms with Crippen LogP contribution in [-0.2, 0) is 0 Å². The molecular weight excluding hydrogens is 327 g/mol. The van der Waals surface area contributed by atoms with Gasteiger partial charge in [0.25, 0.3) is 0 Å². The number of hydrogen-bond donors (Lipinski definition) is 1. The van der Waals surface area contributed by atoms with E-state index in [0.29, 0.717) is 22.3 Å². The van der Waals surface area contributed by atoms with Crippen LogP contribution in [0.25, 0.3) is 0 Å². The molecule has 0 aliphatic carbocycles. The standard InChI is InChI=1S/C14H20BrFN2S/c1-9-10(2)19-6-5-18(9)14(8-17)11-3-4-13(16)12(15)7-11/h3-4,7,9-10,14H,5-6,8,17H2,1-2H3. The Morgan fingerprint density at radius 3 is 2.89 bits per heavy atom. The van der Waals surface area contributed by atoms with Crippen LogP contribution in [-0.4, -0.2) is 35.0 Å². The van der Waals surface area contributed by atoms with Crippen molar-refractivity contribution in [1.29, 1.82) is 0 Å². The summed E-state index contributed by atoms with van der Waals surface area (Å²) in [7, 11) is 0. The first kappa shape index (κ1) is 15.3. The van der Waals surface area contributed by atoms with Crippen LogP contribution in [0.2, 0.25) is 0 Å². The molecule has 1 aromatic rings. The summed E-state index contributed by atoms with van der Waals surface area (Å²) in [5.41, 5.74) is 7.06. The van der Waals surface area contributed by atoms with E-state index in [1.165, 1.54) is 6.07 Å². The highest BCUT2D eigenvalue weighted by atomic mass is 79.9. The zero-order chi connectivity index (χ0) is 14.0. The Morgan fingerprint density at radius 2 is 2.26 bits per heavy atom. The number of halogens is 2. The number of rotatable bonds is 3. The third-order valence-corrected chi connectivity index (χ3v) is 5.83. The summed E-state index contributed by atoms with van der Waals surface area (Å²) >= 11 is 5.26. The van der Waals surface area contributed by atoms with Crippen LogP contribution >= 0.6 is 27.7 Å². The van der Waals surface area contributed by atoms with Crippen LogP contribution < -0.4 is 5.73 Å². The molecule has 1 aliphatic rings. The van der Waals surface area contributed by atoms with Crippen molar-refractivity contribution in [1.82, 2.24) is 4.90 Å². The van der Waals surface area contributed by atoms with Gasteiger partial charge in [-0.25, -0.2) is 4.39 Å². The van der Waals surface area contributed by atoms with Crippen molar-refractivity contribution < 1.29 is 4.39 Å². The number of nitrogens with zero attached hydrogens (tertiary/aromatic N) is 1. The number of thioether (sulfide) groups is 1. The van der Waals surface area contributed by atoms with Crippen molar-refractivity contribution in [3.8, 4) is 0 Å². The van der Waals surface area contributed by atoms with Crippen molar-refractivity contribution in [3.05, 3.63) is 34.1 Å². The minimum Gasteiger partial charge on any atom is -0.329 e. The fourth-order valence-electron chi connectivity index (χ4n) is 2.58. The minimum absolute atomic E-state index is 0.162. The van der Waals surface area contributed by atoms with Crippen LogP contribution in [0.1, 0.15) is 25.5 Å². The second kappa shape index (κ2) is 6.57. The topological polar surface area (TPSA) is 29.3 Å². The summed E-state index contributed by atoms with van der Waals surface area (Å²) in [5.74, 6) is 0.903. The molecule has 2 N–H and O–H groups in total. The highest BCUT2D eigenvalue weighted by Gasteiger charge is 2.31. The molecular formula is C14H20BrFN2S. The van der Waals surface area contributed by atoms with E-state index in [0.717, 1.165) is 17.9 Å². The maximum atomic E-state index is 13.4. The molecule has 2 rings (SSSR count). The summed E-state index contributed by atoms with van der Waals surface area (Å²) < 4.78 is 13.9. The molecule has 1 fully saturated rings. The number of hydrogen-bond acceptors (Lipinski definition) is 3. The molecule has 0 spiro atoms. The molecule has 1 aromatic carbocycles. The SMILES string of the molecule is CC1SCCN(C(CN)c2ccc(F)c(Br)c2)C1C. The Hall–Kier alpha value is -0.100. The van der Waals surface area contributed by atoms with E-state index < -0.39 is 0 Å². The second-order valence-corrected chi connectivity index (χ2v) is 7.32. The molecule has 0 amide bonds. The summed E-state index contributed by atoms with van der Waals surface area (Å²) in [5, 5.41) is 0.603. The van der Waals surface area contributed by atoms with Gasteiger partial charge >= 0.3 is 0 Å². The Kier molecular flexibility index (Phi) is 5.29. The van der Waals surface area contributed by atoms with Gasteiger partial charge in [-0.2, -0.15) is 11.8 Å². The Labute approximate surface area is 127 Å². The van der Waals surface area contributed by atoms with E-state index in [4.69, 9.17) is 5.73 Å². The molecule has 1 heterocycles.